The number of rotatable bonds is 6. The van der Waals surface area contributed by atoms with E-state index in [9.17, 15) is 4.79 Å². The third-order valence-electron chi connectivity index (χ3n) is 6.96. The molecule has 2 aliphatic rings. The number of piperidine rings is 1. The van der Waals surface area contributed by atoms with Gasteiger partial charge in [-0.3, -0.25) is 4.79 Å². The van der Waals surface area contributed by atoms with Crippen LogP contribution in [-0.4, -0.2) is 73.8 Å². The van der Waals surface area contributed by atoms with Crippen molar-refractivity contribution in [2.24, 2.45) is 5.92 Å². The molecule has 2 fully saturated rings. The first-order valence-electron chi connectivity index (χ1n) is 12.5. The number of benzene rings is 2. The predicted molar refractivity (Wildman–Crippen MR) is 137 cm³/mol. The number of para-hydroxylation sites is 4. The average molecular weight is 476 g/mol. The summed E-state index contributed by atoms with van der Waals surface area (Å²) >= 11 is 0. The zero-order chi connectivity index (χ0) is 24.2. The monoisotopic (exact) mass is 475 g/mol. The lowest BCUT2D eigenvalue weighted by atomic mass is 9.95. The summed E-state index contributed by atoms with van der Waals surface area (Å²) < 4.78 is 11.3. The lowest BCUT2D eigenvalue weighted by Gasteiger charge is -2.39. The number of aromatic nitrogens is 2. The van der Waals surface area contributed by atoms with Gasteiger partial charge in [0.2, 0.25) is 5.91 Å². The number of nitrogens with zero attached hydrogens (tertiary/aromatic N) is 5. The van der Waals surface area contributed by atoms with Crippen molar-refractivity contribution in [2.75, 3.05) is 62.8 Å². The van der Waals surface area contributed by atoms with Crippen LogP contribution in [0.4, 0.5) is 11.5 Å². The largest absolute Gasteiger partial charge is 0.495 e. The van der Waals surface area contributed by atoms with Crippen molar-refractivity contribution in [3.8, 4) is 11.6 Å². The Labute approximate surface area is 206 Å². The number of amides is 1. The minimum atomic E-state index is 0.0491. The van der Waals surface area contributed by atoms with Gasteiger partial charge in [0.25, 0.3) is 5.88 Å². The highest BCUT2D eigenvalue weighted by Gasteiger charge is 2.32. The standard InChI is InChI=1S/C27H33N5O3/c1-3-35-26-25(28-21-8-4-5-9-22(21)29-26)31-14-12-20(13-15-31)27(33)32-18-16-30(17-19-32)23-10-6-7-11-24(23)34-2/h4-11,20H,3,12-19H2,1-2H3. The second-order valence-electron chi connectivity index (χ2n) is 9.02. The van der Waals surface area contributed by atoms with Crippen molar-refractivity contribution in [2.45, 2.75) is 19.8 Å². The fourth-order valence-electron chi connectivity index (χ4n) is 5.07. The Morgan fingerprint density at radius 2 is 1.54 bits per heavy atom. The van der Waals surface area contributed by atoms with Gasteiger partial charge in [-0.2, -0.15) is 0 Å². The van der Waals surface area contributed by atoms with E-state index < -0.39 is 0 Å². The summed E-state index contributed by atoms with van der Waals surface area (Å²) in [7, 11) is 1.70. The van der Waals surface area contributed by atoms with Gasteiger partial charge < -0.3 is 24.2 Å². The van der Waals surface area contributed by atoms with Gasteiger partial charge in [0.1, 0.15) is 5.75 Å². The van der Waals surface area contributed by atoms with E-state index in [0.717, 1.165) is 80.4 Å². The molecular weight excluding hydrogens is 442 g/mol. The van der Waals surface area contributed by atoms with Crippen LogP contribution < -0.4 is 19.3 Å². The highest BCUT2D eigenvalue weighted by Crippen LogP contribution is 2.32. The molecule has 1 amide bonds. The van der Waals surface area contributed by atoms with Gasteiger partial charge in [-0.25, -0.2) is 9.97 Å². The number of carbonyl (C=O) groups is 1. The molecule has 3 heterocycles. The molecule has 8 heteroatoms. The van der Waals surface area contributed by atoms with Gasteiger partial charge in [0.15, 0.2) is 5.82 Å². The van der Waals surface area contributed by atoms with Crippen LogP contribution in [0.3, 0.4) is 0 Å². The van der Waals surface area contributed by atoms with Crippen LogP contribution in [0.5, 0.6) is 11.6 Å². The van der Waals surface area contributed by atoms with Crippen LogP contribution in [0.25, 0.3) is 11.0 Å². The zero-order valence-corrected chi connectivity index (χ0v) is 20.5. The van der Waals surface area contributed by atoms with Gasteiger partial charge in [-0.05, 0) is 44.0 Å². The topological polar surface area (TPSA) is 71.0 Å². The summed E-state index contributed by atoms with van der Waals surface area (Å²) in [5, 5.41) is 0. The van der Waals surface area contributed by atoms with E-state index in [-0.39, 0.29) is 11.8 Å². The first-order chi connectivity index (χ1) is 17.2. The van der Waals surface area contributed by atoms with Crippen molar-refractivity contribution in [3.05, 3.63) is 48.5 Å². The molecule has 0 N–H and O–H groups in total. The first kappa shape index (κ1) is 23.2. The lowest BCUT2D eigenvalue weighted by molar-refractivity contribution is -0.136. The Kier molecular flexibility index (Phi) is 6.88. The molecule has 3 aromatic rings. The maximum Gasteiger partial charge on any atom is 0.258 e. The molecule has 2 saturated heterocycles. The quantitative estimate of drug-likeness (QED) is 0.539. The van der Waals surface area contributed by atoms with Gasteiger partial charge in [0, 0.05) is 45.2 Å². The second kappa shape index (κ2) is 10.4. The highest BCUT2D eigenvalue weighted by molar-refractivity contribution is 5.80. The molecule has 0 bridgehead atoms. The van der Waals surface area contributed by atoms with Crippen LogP contribution >= 0.6 is 0 Å². The third-order valence-corrected chi connectivity index (χ3v) is 6.96. The van der Waals surface area contributed by atoms with Crippen LogP contribution in [0.15, 0.2) is 48.5 Å². The fourth-order valence-corrected chi connectivity index (χ4v) is 5.07. The fraction of sp³-hybridized carbons (Fsp3) is 0.444. The van der Waals surface area contributed by atoms with Crippen molar-refractivity contribution in [1.29, 1.82) is 0 Å². The number of hydrogen-bond acceptors (Lipinski definition) is 7. The maximum absolute atomic E-state index is 13.3. The average Bonchev–Trinajstić information content (AvgIpc) is 2.92. The summed E-state index contributed by atoms with van der Waals surface area (Å²) in [6, 6.07) is 15.9. The van der Waals surface area contributed by atoms with Crippen molar-refractivity contribution in [1.82, 2.24) is 14.9 Å². The SMILES string of the molecule is CCOc1nc2ccccc2nc1N1CCC(C(=O)N2CCN(c3ccccc3OC)CC2)CC1. The van der Waals surface area contributed by atoms with E-state index in [2.05, 4.69) is 15.9 Å². The smallest absolute Gasteiger partial charge is 0.258 e. The Balaban J connectivity index is 1.20. The lowest BCUT2D eigenvalue weighted by Crippen LogP contribution is -2.51. The minimum absolute atomic E-state index is 0.0491. The number of fused-ring (bicyclic) bond motifs is 1. The van der Waals surface area contributed by atoms with E-state index in [1.54, 1.807) is 7.11 Å². The minimum Gasteiger partial charge on any atom is -0.495 e. The Bertz CT molecular complexity index is 1170. The first-order valence-corrected chi connectivity index (χ1v) is 12.5. The van der Waals surface area contributed by atoms with Crippen LogP contribution in [0, 0.1) is 5.92 Å². The summed E-state index contributed by atoms with van der Waals surface area (Å²) in [6.07, 6.45) is 1.62. The van der Waals surface area contributed by atoms with Gasteiger partial charge in [0.05, 0.1) is 30.4 Å². The van der Waals surface area contributed by atoms with Crippen molar-refractivity contribution < 1.29 is 14.3 Å². The summed E-state index contributed by atoms with van der Waals surface area (Å²) in [5.41, 5.74) is 2.78. The van der Waals surface area contributed by atoms with Crippen LogP contribution in [0.2, 0.25) is 0 Å². The Hall–Kier alpha value is -3.55. The molecule has 0 aliphatic carbocycles. The zero-order valence-electron chi connectivity index (χ0n) is 20.5. The van der Waals surface area contributed by atoms with Crippen molar-refractivity contribution in [3.63, 3.8) is 0 Å². The number of methoxy groups -OCH3 is 1. The molecule has 2 aliphatic heterocycles. The van der Waals surface area contributed by atoms with E-state index in [0.29, 0.717) is 12.5 Å². The van der Waals surface area contributed by atoms with Crippen molar-refractivity contribution >= 4 is 28.4 Å². The molecule has 5 rings (SSSR count). The molecule has 0 saturated carbocycles. The molecule has 1 aromatic heterocycles. The van der Waals surface area contributed by atoms with Crippen LogP contribution in [0.1, 0.15) is 19.8 Å². The third kappa shape index (κ3) is 4.83. The molecule has 2 aromatic carbocycles. The molecule has 184 valence electrons. The Morgan fingerprint density at radius 3 is 2.23 bits per heavy atom. The molecular formula is C27H33N5O3. The molecule has 0 atom stereocenters. The number of ether oxygens (including phenoxy) is 2. The highest BCUT2D eigenvalue weighted by atomic mass is 16.5. The maximum atomic E-state index is 13.3. The Morgan fingerprint density at radius 1 is 0.886 bits per heavy atom. The number of hydrogen-bond donors (Lipinski definition) is 0. The number of anilines is 2. The van der Waals surface area contributed by atoms with Gasteiger partial charge >= 0.3 is 0 Å². The number of piperazine rings is 1. The molecule has 0 radical (unpaired) electrons. The molecule has 0 unspecified atom stereocenters. The molecule has 0 spiro atoms. The normalized spacial score (nSPS) is 17.0. The second-order valence-corrected chi connectivity index (χ2v) is 9.02. The van der Waals surface area contributed by atoms with E-state index in [1.807, 2.05) is 54.3 Å². The summed E-state index contributed by atoms with van der Waals surface area (Å²) in [5.74, 6) is 2.56. The molecule has 35 heavy (non-hydrogen) atoms. The van der Waals surface area contributed by atoms with Gasteiger partial charge in [-0.15, -0.1) is 0 Å². The van der Waals surface area contributed by atoms with E-state index in [4.69, 9.17) is 19.4 Å². The van der Waals surface area contributed by atoms with E-state index >= 15 is 0 Å². The predicted octanol–water partition coefficient (Wildman–Crippen LogP) is 3.60. The van der Waals surface area contributed by atoms with Crippen LogP contribution in [-0.2, 0) is 4.79 Å². The summed E-state index contributed by atoms with van der Waals surface area (Å²) in [4.78, 5) is 29.4. The number of carbonyl (C=O) groups excluding carboxylic acids is 1. The summed E-state index contributed by atoms with van der Waals surface area (Å²) in [6.45, 7) is 7.14. The van der Waals surface area contributed by atoms with E-state index in [1.165, 1.54) is 0 Å². The van der Waals surface area contributed by atoms with Gasteiger partial charge in [-0.1, -0.05) is 24.3 Å². The molecule has 8 nitrogen and oxygen atoms in total.